The van der Waals surface area contributed by atoms with E-state index in [1.165, 1.54) is 23.1 Å². The van der Waals surface area contributed by atoms with Gasteiger partial charge in [0.05, 0.1) is 5.02 Å². The summed E-state index contributed by atoms with van der Waals surface area (Å²) in [6, 6.07) is 5.61. The molecule has 2 N–H and O–H groups in total. The van der Waals surface area contributed by atoms with Crippen molar-refractivity contribution in [3.63, 3.8) is 0 Å². The number of halogens is 2. The van der Waals surface area contributed by atoms with Crippen molar-refractivity contribution in [1.29, 1.82) is 0 Å². The average molecular weight is 417 g/mol. The lowest BCUT2D eigenvalue weighted by atomic mass is 9.92. The molecule has 4 rings (SSSR count). The van der Waals surface area contributed by atoms with E-state index in [2.05, 4.69) is 20.8 Å². The summed E-state index contributed by atoms with van der Waals surface area (Å²) < 4.78 is 0.847. The number of carbonyl (C=O) groups is 1. The Morgan fingerprint density at radius 2 is 2.20 bits per heavy atom. The highest BCUT2D eigenvalue weighted by Gasteiger charge is 2.57. The van der Waals surface area contributed by atoms with Crippen LogP contribution in [0.5, 0.6) is 0 Å². The molecule has 1 aromatic heterocycles. The minimum Gasteiger partial charge on any atom is -0.326 e. The Labute approximate surface area is 165 Å². The van der Waals surface area contributed by atoms with E-state index in [1.54, 1.807) is 11.6 Å². The van der Waals surface area contributed by atoms with Crippen LogP contribution in [0, 0.1) is 11.3 Å². The summed E-state index contributed by atoms with van der Waals surface area (Å²) in [5.41, 5.74) is 2.69. The molecule has 2 aromatic rings. The van der Waals surface area contributed by atoms with E-state index in [0.29, 0.717) is 5.02 Å². The fourth-order valence-electron chi connectivity index (χ4n) is 3.39. The molecule has 1 aliphatic carbocycles. The van der Waals surface area contributed by atoms with E-state index in [-0.39, 0.29) is 29.6 Å². The number of aromatic nitrogens is 2. The fraction of sp³-hybridized carbons (Fsp3) is 0.438. The standard InChI is InChI=1S/C16H17ClN4OS2.ClH/c17-12-7-10(1-2-13(12)24-15-21-19-9-23-15)20-14(22)11-8-16(11)3-5-18-6-4-16;/h1-2,7,9,11,18H,3-6,8H2,(H,20,22);1H. The van der Waals surface area contributed by atoms with Gasteiger partial charge in [-0.2, -0.15) is 0 Å². The summed E-state index contributed by atoms with van der Waals surface area (Å²) in [5, 5.41) is 14.8. The van der Waals surface area contributed by atoms with E-state index in [0.717, 1.165) is 47.3 Å². The third kappa shape index (κ3) is 4.11. The topological polar surface area (TPSA) is 66.9 Å². The Morgan fingerprint density at radius 3 is 2.88 bits per heavy atom. The average Bonchev–Trinajstić information content (AvgIpc) is 3.03. The molecule has 1 aliphatic heterocycles. The summed E-state index contributed by atoms with van der Waals surface area (Å²) >= 11 is 9.29. The molecule has 0 radical (unpaired) electrons. The number of nitrogens with zero attached hydrogens (tertiary/aromatic N) is 2. The van der Waals surface area contributed by atoms with Crippen LogP contribution in [-0.2, 0) is 4.79 Å². The van der Waals surface area contributed by atoms with Crippen LogP contribution in [-0.4, -0.2) is 29.2 Å². The monoisotopic (exact) mass is 416 g/mol. The molecule has 2 aliphatic rings. The minimum absolute atomic E-state index is 0. The third-order valence-electron chi connectivity index (χ3n) is 4.84. The maximum atomic E-state index is 12.5. The highest BCUT2D eigenvalue weighted by Crippen LogP contribution is 2.58. The van der Waals surface area contributed by atoms with Crippen molar-refractivity contribution in [3.8, 4) is 0 Å². The summed E-state index contributed by atoms with van der Waals surface area (Å²) in [7, 11) is 0. The Morgan fingerprint density at radius 1 is 1.40 bits per heavy atom. The molecule has 5 nitrogen and oxygen atoms in total. The SMILES string of the molecule is Cl.O=C(Nc1ccc(Sc2nncs2)c(Cl)c1)C1CC12CCNCC2. The van der Waals surface area contributed by atoms with Crippen molar-refractivity contribution >= 4 is 58.7 Å². The van der Waals surface area contributed by atoms with Crippen molar-refractivity contribution in [2.75, 3.05) is 18.4 Å². The Balaban J connectivity index is 0.00000182. The number of nitrogens with one attached hydrogen (secondary N) is 2. The third-order valence-corrected chi connectivity index (χ3v) is 7.12. The van der Waals surface area contributed by atoms with Crippen molar-refractivity contribution in [2.45, 2.75) is 28.5 Å². The van der Waals surface area contributed by atoms with Crippen LogP contribution < -0.4 is 10.6 Å². The molecule has 1 saturated heterocycles. The van der Waals surface area contributed by atoms with Gasteiger partial charge in [0.1, 0.15) is 5.51 Å². The number of rotatable bonds is 4. The van der Waals surface area contributed by atoms with E-state index in [4.69, 9.17) is 11.6 Å². The fourth-order valence-corrected chi connectivity index (χ4v) is 5.12. The first-order valence-electron chi connectivity index (χ1n) is 7.91. The number of anilines is 1. The van der Waals surface area contributed by atoms with Crippen molar-refractivity contribution in [1.82, 2.24) is 15.5 Å². The molecule has 1 amide bonds. The highest BCUT2D eigenvalue weighted by atomic mass is 35.5. The van der Waals surface area contributed by atoms with Gasteiger partial charge in [0.15, 0.2) is 4.34 Å². The molecular weight excluding hydrogens is 399 g/mol. The normalized spacial score (nSPS) is 20.8. The van der Waals surface area contributed by atoms with Crippen molar-refractivity contribution in [2.24, 2.45) is 11.3 Å². The number of benzene rings is 1. The van der Waals surface area contributed by atoms with Gasteiger partial charge >= 0.3 is 0 Å². The van der Waals surface area contributed by atoms with Gasteiger partial charge in [0.2, 0.25) is 5.91 Å². The Kier molecular flexibility index (Phi) is 5.90. The first-order chi connectivity index (χ1) is 11.7. The van der Waals surface area contributed by atoms with Crippen LogP contribution in [0.2, 0.25) is 5.02 Å². The van der Waals surface area contributed by atoms with Gasteiger partial charge in [0.25, 0.3) is 0 Å². The van der Waals surface area contributed by atoms with Crippen molar-refractivity contribution < 1.29 is 4.79 Å². The Bertz CT molecular complexity index is 751. The zero-order valence-corrected chi connectivity index (χ0v) is 16.5. The number of amides is 1. The molecule has 0 bridgehead atoms. The molecule has 2 heterocycles. The maximum Gasteiger partial charge on any atom is 0.228 e. The molecule has 1 saturated carbocycles. The van der Waals surface area contributed by atoms with Gasteiger partial charge in [-0.05, 0) is 56.0 Å². The van der Waals surface area contributed by atoms with Gasteiger partial charge in [-0.3, -0.25) is 4.79 Å². The zero-order chi connectivity index (χ0) is 16.6. The second-order valence-electron chi connectivity index (χ2n) is 6.31. The smallest absolute Gasteiger partial charge is 0.228 e. The molecule has 1 unspecified atom stereocenters. The van der Waals surface area contributed by atoms with Crippen LogP contribution in [0.15, 0.2) is 32.9 Å². The van der Waals surface area contributed by atoms with Gasteiger partial charge in [-0.15, -0.1) is 22.6 Å². The maximum absolute atomic E-state index is 12.5. The summed E-state index contributed by atoms with van der Waals surface area (Å²) in [6.45, 7) is 2.04. The second-order valence-corrected chi connectivity index (χ2v) is 8.84. The first-order valence-corrected chi connectivity index (χ1v) is 9.99. The molecule has 1 spiro atoms. The predicted molar refractivity (Wildman–Crippen MR) is 104 cm³/mol. The van der Waals surface area contributed by atoms with Gasteiger partial charge in [-0.1, -0.05) is 34.7 Å². The number of hydrogen-bond acceptors (Lipinski definition) is 6. The highest BCUT2D eigenvalue weighted by molar-refractivity contribution is 8.01. The molecular formula is C16H18Cl2N4OS2. The van der Waals surface area contributed by atoms with Gasteiger partial charge in [-0.25, -0.2) is 0 Å². The van der Waals surface area contributed by atoms with Crippen LogP contribution >= 0.6 is 47.1 Å². The Hall–Kier alpha value is -0.860. The summed E-state index contributed by atoms with van der Waals surface area (Å²) in [4.78, 5) is 13.4. The second kappa shape index (κ2) is 7.80. The van der Waals surface area contributed by atoms with E-state index in [1.807, 2.05) is 12.1 Å². The molecule has 134 valence electrons. The number of carbonyl (C=O) groups excluding carboxylic acids is 1. The quantitative estimate of drug-likeness (QED) is 0.785. The molecule has 9 heteroatoms. The molecule has 1 atom stereocenters. The van der Waals surface area contributed by atoms with Crippen LogP contribution in [0.25, 0.3) is 0 Å². The predicted octanol–water partition coefficient (Wildman–Crippen LogP) is 4.09. The minimum atomic E-state index is 0. The van der Waals surface area contributed by atoms with Crippen LogP contribution in [0.1, 0.15) is 19.3 Å². The number of piperidine rings is 1. The van der Waals surface area contributed by atoms with E-state index in [9.17, 15) is 4.79 Å². The molecule has 25 heavy (non-hydrogen) atoms. The lowest BCUT2D eigenvalue weighted by molar-refractivity contribution is -0.118. The van der Waals surface area contributed by atoms with E-state index < -0.39 is 0 Å². The summed E-state index contributed by atoms with van der Waals surface area (Å²) in [5.74, 6) is 0.270. The number of hydrogen-bond donors (Lipinski definition) is 2. The van der Waals surface area contributed by atoms with Crippen LogP contribution in [0.3, 0.4) is 0 Å². The summed E-state index contributed by atoms with van der Waals surface area (Å²) in [6.07, 6.45) is 3.21. The van der Waals surface area contributed by atoms with Crippen LogP contribution in [0.4, 0.5) is 5.69 Å². The van der Waals surface area contributed by atoms with Crippen molar-refractivity contribution in [3.05, 3.63) is 28.7 Å². The lowest BCUT2D eigenvalue weighted by Gasteiger charge is -2.23. The van der Waals surface area contributed by atoms with Gasteiger partial charge in [0, 0.05) is 16.5 Å². The largest absolute Gasteiger partial charge is 0.326 e. The molecule has 2 fully saturated rings. The lowest BCUT2D eigenvalue weighted by Crippen LogP contribution is -2.31. The molecule has 1 aromatic carbocycles. The zero-order valence-electron chi connectivity index (χ0n) is 13.3. The first kappa shape index (κ1) is 18.9. The van der Waals surface area contributed by atoms with E-state index >= 15 is 0 Å². The van der Waals surface area contributed by atoms with Gasteiger partial charge < -0.3 is 10.6 Å².